The van der Waals surface area contributed by atoms with Gasteiger partial charge in [0.1, 0.15) is 0 Å². The maximum Gasteiger partial charge on any atom is 0.335 e. The predicted octanol–water partition coefficient (Wildman–Crippen LogP) is 2.66. The van der Waals surface area contributed by atoms with E-state index in [9.17, 15) is 4.79 Å². The summed E-state index contributed by atoms with van der Waals surface area (Å²) in [4.78, 5) is 10.8. The quantitative estimate of drug-likeness (QED) is 0.730. The highest BCUT2D eigenvalue weighted by molar-refractivity contribution is 7.99. The molecule has 0 heterocycles. The summed E-state index contributed by atoms with van der Waals surface area (Å²) >= 11 is 1.91. The molecule has 5 heteroatoms. The van der Waals surface area contributed by atoms with Gasteiger partial charge in [0.15, 0.2) is 0 Å². The van der Waals surface area contributed by atoms with Gasteiger partial charge in [0, 0.05) is 11.3 Å². The first kappa shape index (κ1) is 13.1. The second-order valence-electron chi connectivity index (χ2n) is 4.62. The Hall–Kier alpha value is -1.36. The van der Waals surface area contributed by atoms with Crippen molar-refractivity contribution >= 4 is 29.1 Å². The van der Waals surface area contributed by atoms with Crippen molar-refractivity contribution in [2.24, 2.45) is 0 Å². The molecule has 0 spiro atoms. The molecule has 98 valence electrons. The summed E-state index contributed by atoms with van der Waals surface area (Å²) in [5, 5.41) is 13.0. The highest BCUT2D eigenvalue weighted by Crippen LogP contribution is 2.31. The Morgan fingerprint density at radius 1 is 1.50 bits per heavy atom. The van der Waals surface area contributed by atoms with Gasteiger partial charge in [-0.25, -0.2) is 4.79 Å². The van der Waals surface area contributed by atoms with E-state index in [1.54, 1.807) is 12.1 Å². The third-order valence-electron chi connectivity index (χ3n) is 3.38. The minimum Gasteiger partial charge on any atom is -0.478 e. The van der Waals surface area contributed by atoms with Crippen molar-refractivity contribution in [1.82, 2.24) is 0 Å². The fraction of sp³-hybridized carbons (Fsp3) is 0.462. The number of hydrogen-bond donors (Lipinski definition) is 3. The van der Waals surface area contributed by atoms with Crippen molar-refractivity contribution in [3.05, 3.63) is 23.8 Å². The number of nitrogen functional groups attached to an aromatic ring is 1. The van der Waals surface area contributed by atoms with Crippen molar-refractivity contribution < 1.29 is 9.90 Å². The van der Waals surface area contributed by atoms with E-state index in [0.717, 1.165) is 23.8 Å². The Balaban J connectivity index is 2.04. The molecule has 18 heavy (non-hydrogen) atoms. The van der Waals surface area contributed by atoms with E-state index in [1.165, 1.54) is 12.5 Å². The fourth-order valence-electron chi connectivity index (χ4n) is 2.33. The van der Waals surface area contributed by atoms with E-state index in [0.29, 0.717) is 11.7 Å². The van der Waals surface area contributed by atoms with E-state index in [-0.39, 0.29) is 5.56 Å². The lowest BCUT2D eigenvalue weighted by Crippen LogP contribution is -2.17. The lowest BCUT2D eigenvalue weighted by Gasteiger charge is -2.16. The average Bonchev–Trinajstić information content (AvgIpc) is 2.79. The van der Waals surface area contributed by atoms with Crippen molar-refractivity contribution in [1.29, 1.82) is 0 Å². The number of nitrogens with two attached hydrogens (primary N) is 1. The van der Waals surface area contributed by atoms with Crippen LogP contribution >= 0.6 is 11.8 Å². The first-order valence-electron chi connectivity index (χ1n) is 6.02. The fourth-order valence-corrected chi connectivity index (χ4v) is 3.13. The van der Waals surface area contributed by atoms with E-state index in [2.05, 4.69) is 11.6 Å². The number of aromatic carboxylic acids is 1. The number of rotatable bonds is 4. The highest BCUT2D eigenvalue weighted by atomic mass is 32.2. The standard InChI is InChI=1S/C13H18N2O2S/c1-18-10-4-3-9(7-10)15-12-5-2-8(13(16)17)6-11(12)14/h2,5-6,9-10,15H,3-4,7,14H2,1H3,(H,16,17). The van der Waals surface area contributed by atoms with E-state index in [1.807, 2.05) is 11.8 Å². The van der Waals surface area contributed by atoms with Crippen molar-refractivity contribution in [3.63, 3.8) is 0 Å². The van der Waals surface area contributed by atoms with Crippen LogP contribution in [0.2, 0.25) is 0 Å². The summed E-state index contributed by atoms with van der Waals surface area (Å²) in [5.41, 5.74) is 7.44. The summed E-state index contributed by atoms with van der Waals surface area (Å²) in [6.45, 7) is 0. The smallest absolute Gasteiger partial charge is 0.335 e. The van der Waals surface area contributed by atoms with Crippen LogP contribution in [0.5, 0.6) is 0 Å². The number of carboxylic acids is 1. The van der Waals surface area contributed by atoms with Crippen molar-refractivity contribution in [2.45, 2.75) is 30.6 Å². The van der Waals surface area contributed by atoms with Crippen LogP contribution in [-0.4, -0.2) is 28.6 Å². The Morgan fingerprint density at radius 3 is 2.83 bits per heavy atom. The van der Waals surface area contributed by atoms with Crippen LogP contribution in [-0.2, 0) is 0 Å². The van der Waals surface area contributed by atoms with Gasteiger partial charge in [-0.3, -0.25) is 0 Å². The van der Waals surface area contributed by atoms with Crippen LogP contribution in [0.1, 0.15) is 29.6 Å². The van der Waals surface area contributed by atoms with Gasteiger partial charge in [0.2, 0.25) is 0 Å². The normalized spacial score (nSPS) is 22.9. The zero-order valence-electron chi connectivity index (χ0n) is 10.3. The summed E-state index contributed by atoms with van der Waals surface area (Å²) in [5.74, 6) is -0.948. The van der Waals surface area contributed by atoms with Gasteiger partial charge in [0.05, 0.1) is 16.9 Å². The molecule has 1 saturated carbocycles. The zero-order chi connectivity index (χ0) is 13.1. The molecule has 2 rings (SSSR count). The van der Waals surface area contributed by atoms with Crippen molar-refractivity contribution in [3.8, 4) is 0 Å². The molecule has 2 atom stereocenters. The van der Waals surface area contributed by atoms with Crippen molar-refractivity contribution in [2.75, 3.05) is 17.3 Å². The number of carbonyl (C=O) groups is 1. The molecule has 1 aliphatic carbocycles. The maximum atomic E-state index is 10.8. The minimum absolute atomic E-state index is 0.228. The lowest BCUT2D eigenvalue weighted by molar-refractivity contribution is 0.0697. The van der Waals surface area contributed by atoms with Crippen LogP contribution in [0.25, 0.3) is 0 Å². The molecule has 1 aliphatic rings. The van der Waals surface area contributed by atoms with Gasteiger partial charge in [-0.05, 0) is 43.7 Å². The lowest BCUT2D eigenvalue weighted by atomic mass is 10.1. The molecular weight excluding hydrogens is 248 g/mol. The molecule has 0 aromatic heterocycles. The highest BCUT2D eigenvalue weighted by Gasteiger charge is 2.24. The molecule has 1 aromatic carbocycles. The number of thioether (sulfide) groups is 1. The monoisotopic (exact) mass is 266 g/mol. The Morgan fingerprint density at radius 2 is 2.28 bits per heavy atom. The minimum atomic E-state index is -0.948. The molecular formula is C13H18N2O2S. The topological polar surface area (TPSA) is 75.3 Å². The Bertz CT molecular complexity index is 451. The van der Waals surface area contributed by atoms with Crippen LogP contribution < -0.4 is 11.1 Å². The van der Waals surface area contributed by atoms with Gasteiger partial charge < -0.3 is 16.2 Å². The molecule has 0 aliphatic heterocycles. The summed E-state index contributed by atoms with van der Waals surface area (Å²) in [7, 11) is 0. The molecule has 1 fully saturated rings. The predicted molar refractivity (Wildman–Crippen MR) is 76.4 cm³/mol. The number of anilines is 2. The molecule has 0 amide bonds. The molecule has 1 aromatic rings. The van der Waals surface area contributed by atoms with Gasteiger partial charge in [-0.1, -0.05) is 0 Å². The molecule has 0 bridgehead atoms. The first-order valence-corrected chi connectivity index (χ1v) is 7.31. The third-order valence-corrected chi connectivity index (χ3v) is 4.47. The average molecular weight is 266 g/mol. The second-order valence-corrected chi connectivity index (χ2v) is 5.76. The van der Waals surface area contributed by atoms with Gasteiger partial charge >= 0.3 is 5.97 Å². The maximum absolute atomic E-state index is 10.8. The summed E-state index contributed by atoms with van der Waals surface area (Å²) in [6.07, 6.45) is 5.65. The van der Waals surface area contributed by atoms with E-state index in [4.69, 9.17) is 10.8 Å². The first-order chi connectivity index (χ1) is 8.60. The molecule has 0 saturated heterocycles. The van der Waals surface area contributed by atoms with Crippen LogP contribution in [0.15, 0.2) is 18.2 Å². The van der Waals surface area contributed by atoms with Crippen LogP contribution in [0.3, 0.4) is 0 Å². The Kier molecular flexibility index (Phi) is 4.01. The number of carboxylic acid groups (broad SMARTS) is 1. The molecule has 2 unspecified atom stereocenters. The zero-order valence-corrected chi connectivity index (χ0v) is 11.2. The molecule has 4 N–H and O–H groups in total. The second kappa shape index (κ2) is 5.52. The van der Waals surface area contributed by atoms with E-state index >= 15 is 0 Å². The van der Waals surface area contributed by atoms with E-state index < -0.39 is 5.97 Å². The Labute approximate surface area is 111 Å². The van der Waals surface area contributed by atoms with Gasteiger partial charge in [0.25, 0.3) is 0 Å². The molecule has 4 nitrogen and oxygen atoms in total. The summed E-state index contributed by atoms with van der Waals surface area (Å²) in [6, 6.07) is 5.29. The van der Waals surface area contributed by atoms with Crippen LogP contribution in [0, 0.1) is 0 Å². The number of nitrogens with one attached hydrogen (secondary N) is 1. The third kappa shape index (κ3) is 2.90. The van der Waals surface area contributed by atoms with Gasteiger partial charge in [-0.15, -0.1) is 0 Å². The number of benzene rings is 1. The number of hydrogen-bond acceptors (Lipinski definition) is 4. The largest absolute Gasteiger partial charge is 0.478 e. The SMILES string of the molecule is CSC1CCC(Nc2ccc(C(=O)O)cc2N)C1. The van der Waals surface area contributed by atoms with Gasteiger partial charge in [-0.2, -0.15) is 11.8 Å². The molecule has 0 radical (unpaired) electrons. The van der Waals surface area contributed by atoms with Crippen LogP contribution in [0.4, 0.5) is 11.4 Å². The summed E-state index contributed by atoms with van der Waals surface area (Å²) < 4.78 is 0.